The summed E-state index contributed by atoms with van der Waals surface area (Å²) in [4.78, 5) is 17.7. The van der Waals surface area contributed by atoms with Crippen LogP contribution in [-0.2, 0) is 21.3 Å². The number of Topliss-reactive ketones (excluding diaryl/α,β-unsaturated/α-hetero) is 1. The van der Waals surface area contributed by atoms with E-state index in [9.17, 15) is 4.79 Å². The standard InChI is InChI=1S/C38H50N2O5.2CH4/c1-5-25(2)26-8-10-27(11-9-26)33(41)7-6-20-43-21-22-44-29-16-18-40(24-29)31-14-13-30-32-23-28-12-15-34(42-4)36-35(28)38(30,37(31)45-36)17-19-39(32)3;;/h8-12,14-15,25,29-30,32,37H,5-7,13,16-24H2,1-4H3;2*1H4/t25?,29?,30?,32-,37+,38+;;/m1../s1. The van der Waals surface area contributed by atoms with Crippen LogP contribution in [0, 0.1) is 5.92 Å². The summed E-state index contributed by atoms with van der Waals surface area (Å²) < 4.78 is 24.9. The number of piperidine rings is 1. The van der Waals surface area contributed by atoms with Gasteiger partial charge in [-0.25, -0.2) is 0 Å². The Bertz CT molecular complexity index is 1420. The van der Waals surface area contributed by atoms with Gasteiger partial charge in [-0.3, -0.25) is 4.79 Å². The van der Waals surface area contributed by atoms with Crippen molar-refractivity contribution in [3.63, 3.8) is 0 Å². The van der Waals surface area contributed by atoms with Crippen LogP contribution < -0.4 is 9.47 Å². The molecule has 7 heteroatoms. The van der Waals surface area contributed by atoms with Crippen LogP contribution in [0.5, 0.6) is 11.5 Å². The summed E-state index contributed by atoms with van der Waals surface area (Å²) in [5.41, 5.74) is 6.36. The van der Waals surface area contributed by atoms with Crippen molar-refractivity contribution in [3.8, 4) is 11.5 Å². The molecule has 0 saturated carbocycles. The van der Waals surface area contributed by atoms with E-state index in [-0.39, 0.29) is 38.3 Å². The highest BCUT2D eigenvalue weighted by Gasteiger charge is 2.64. The molecule has 2 saturated heterocycles. The molecule has 5 aliphatic rings. The molecular formula is C40H58N2O5. The fourth-order valence-electron chi connectivity index (χ4n) is 8.97. The van der Waals surface area contributed by atoms with Crippen molar-refractivity contribution in [1.82, 2.24) is 9.80 Å². The van der Waals surface area contributed by atoms with E-state index in [4.69, 9.17) is 18.9 Å². The number of allylic oxidation sites excluding steroid dienone is 1. The number of ketones is 1. The zero-order valence-corrected chi connectivity index (χ0v) is 27.6. The molecule has 2 aromatic rings. The first-order valence-electron chi connectivity index (χ1n) is 17.3. The van der Waals surface area contributed by atoms with Gasteiger partial charge in [0.15, 0.2) is 17.3 Å². The van der Waals surface area contributed by atoms with Crippen LogP contribution in [0.4, 0.5) is 0 Å². The zero-order valence-electron chi connectivity index (χ0n) is 27.6. The van der Waals surface area contributed by atoms with Crippen LogP contribution in [0.2, 0.25) is 0 Å². The number of ether oxygens (including phenoxy) is 4. The van der Waals surface area contributed by atoms with Crippen molar-refractivity contribution < 1.29 is 23.7 Å². The molecule has 2 bridgehead atoms. The van der Waals surface area contributed by atoms with Crippen molar-refractivity contribution in [2.45, 2.75) is 103 Å². The van der Waals surface area contributed by atoms with E-state index in [0.717, 1.165) is 75.2 Å². The van der Waals surface area contributed by atoms with Crippen molar-refractivity contribution in [1.29, 1.82) is 0 Å². The van der Waals surface area contributed by atoms with E-state index in [0.29, 0.717) is 44.1 Å². The van der Waals surface area contributed by atoms with E-state index in [1.165, 1.54) is 22.4 Å². The van der Waals surface area contributed by atoms with Gasteiger partial charge in [0.25, 0.3) is 0 Å². The number of carbonyl (C=O) groups is 1. The van der Waals surface area contributed by atoms with Crippen molar-refractivity contribution in [2.24, 2.45) is 5.92 Å². The molecule has 3 unspecified atom stereocenters. The summed E-state index contributed by atoms with van der Waals surface area (Å²) >= 11 is 0. The van der Waals surface area contributed by atoms with Gasteiger partial charge < -0.3 is 28.7 Å². The second-order valence-corrected chi connectivity index (χ2v) is 13.9. The number of methoxy groups -OCH3 is 1. The molecule has 0 aromatic heterocycles. The number of hydrogen-bond donors (Lipinski definition) is 0. The molecule has 47 heavy (non-hydrogen) atoms. The number of carbonyl (C=O) groups excluding carboxylic acids is 1. The molecule has 3 aliphatic heterocycles. The Labute approximate surface area is 283 Å². The lowest BCUT2D eigenvalue weighted by atomic mass is 9.52. The van der Waals surface area contributed by atoms with E-state index in [1.807, 2.05) is 12.1 Å². The summed E-state index contributed by atoms with van der Waals surface area (Å²) in [6.45, 7) is 9.10. The van der Waals surface area contributed by atoms with Crippen molar-refractivity contribution in [2.75, 3.05) is 53.6 Å². The number of rotatable bonds is 13. The maximum Gasteiger partial charge on any atom is 0.166 e. The van der Waals surface area contributed by atoms with Gasteiger partial charge in [0.1, 0.15) is 6.10 Å². The Hall–Kier alpha value is -2.87. The van der Waals surface area contributed by atoms with E-state index >= 15 is 0 Å². The first-order valence-corrected chi connectivity index (χ1v) is 17.3. The van der Waals surface area contributed by atoms with Gasteiger partial charge >= 0.3 is 0 Å². The average molecular weight is 647 g/mol. The first-order chi connectivity index (χ1) is 21.9. The van der Waals surface area contributed by atoms with Crippen LogP contribution in [0.3, 0.4) is 0 Å². The highest BCUT2D eigenvalue weighted by atomic mass is 16.5. The molecule has 0 N–H and O–H groups in total. The number of benzene rings is 2. The molecule has 7 nitrogen and oxygen atoms in total. The highest BCUT2D eigenvalue weighted by Crippen LogP contribution is 2.64. The molecule has 7 rings (SSSR count). The molecule has 1 spiro atoms. The Balaban J connectivity index is 0.00000217. The number of likely N-dealkylation sites (tertiary alicyclic amines) is 2. The molecule has 2 aromatic carbocycles. The van der Waals surface area contributed by atoms with Crippen molar-refractivity contribution >= 4 is 5.78 Å². The first kappa shape index (κ1) is 35.4. The van der Waals surface area contributed by atoms with Gasteiger partial charge in [0.2, 0.25) is 0 Å². The quantitative estimate of drug-likeness (QED) is 0.166. The largest absolute Gasteiger partial charge is 0.493 e. The van der Waals surface area contributed by atoms with Crippen LogP contribution in [0.1, 0.15) is 100 Å². The van der Waals surface area contributed by atoms with Gasteiger partial charge in [0.05, 0.1) is 32.1 Å². The van der Waals surface area contributed by atoms with Gasteiger partial charge in [-0.15, -0.1) is 0 Å². The summed E-state index contributed by atoms with van der Waals surface area (Å²) in [7, 11) is 4.06. The minimum absolute atomic E-state index is 0. The molecular weight excluding hydrogens is 588 g/mol. The Kier molecular flexibility index (Phi) is 11.1. The topological polar surface area (TPSA) is 60.5 Å². The maximum atomic E-state index is 12.6. The van der Waals surface area contributed by atoms with Crippen molar-refractivity contribution in [3.05, 3.63) is 70.4 Å². The van der Waals surface area contributed by atoms with E-state index < -0.39 is 0 Å². The molecule has 2 aliphatic carbocycles. The summed E-state index contributed by atoms with van der Waals surface area (Å²) in [5, 5.41) is 0. The van der Waals surface area contributed by atoms with Gasteiger partial charge in [-0.2, -0.15) is 0 Å². The number of hydrogen-bond acceptors (Lipinski definition) is 7. The van der Waals surface area contributed by atoms with Crippen LogP contribution in [0.25, 0.3) is 0 Å². The normalized spacial score (nSPS) is 27.6. The van der Waals surface area contributed by atoms with Gasteiger partial charge in [-0.1, -0.05) is 65.1 Å². The third-order valence-electron chi connectivity index (χ3n) is 11.6. The minimum Gasteiger partial charge on any atom is -0.493 e. The van der Waals surface area contributed by atoms with E-state index in [1.54, 1.807) is 7.11 Å². The summed E-state index contributed by atoms with van der Waals surface area (Å²) in [6, 6.07) is 13.1. The summed E-state index contributed by atoms with van der Waals surface area (Å²) in [6.07, 6.45) is 9.39. The Morgan fingerprint density at radius 3 is 2.66 bits per heavy atom. The Morgan fingerprint density at radius 2 is 1.89 bits per heavy atom. The van der Waals surface area contributed by atoms with Gasteiger partial charge in [0, 0.05) is 48.7 Å². The lowest BCUT2D eigenvalue weighted by molar-refractivity contribution is -0.0196. The predicted octanol–water partition coefficient (Wildman–Crippen LogP) is 7.41. The third-order valence-corrected chi connectivity index (χ3v) is 11.6. The second-order valence-electron chi connectivity index (χ2n) is 13.9. The fraction of sp³-hybridized carbons (Fsp3) is 0.625. The molecule has 6 atom stereocenters. The molecule has 0 radical (unpaired) electrons. The molecule has 3 heterocycles. The highest BCUT2D eigenvalue weighted by molar-refractivity contribution is 5.96. The predicted molar refractivity (Wildman–Crippen MR) is 189 cm³/mol. The van der Waals surface area contributed by atoms with E-state index in [2.05, 4.69) is 61.0 Å². The molecule has 2 fully saturated rings. The zero-order chi connectivity index (χ0) is 31.1. The smallest absolute Gasteiger partial charge is 0.166 e. The lowest BCUT2D eigenvalue weighted by Crippen LogP contribution is -2.64. The maximum absolute atomic E-state index is 12.6. The lowest BCUT2D eigenvalue weighted by Gasteiger charge is -2.57. The second kappa shape index (κ2) is 14.7. The monoisotopic (exact) mass is 646 g/mol. The van der Waals surface area contributed by atoms with Crippen LogP contribution in [-0.4, -0.2) is 87.4 Å². The third kappa shape index (κ3) is 6.24. The van der Waals surface area contributed by atoms with Gasteiger partial charge in [-0.05, 0) is 81.1 Å². The Morgan fingerprint density at radius 1 is 1.09 bits per heavy atom. The van der Waals surface area contributed by atoms with Crippen LogP contribution >= 0.6 is 0 Å². The molecule has 0 amide bonds. The number of nitrogens with zero attached hydrogens (tertiary/aromatic N) is 2. The SMILES string of the molecule is C.C.CCC(C)c1ccc(C(=O)CCCOCCOC2CCN(C3=CCC4[C@H]5Cc6ccc(OC)c7c6[C@@]4(CCN5C)[C@H]3O7)C2)cc1. The molecule has 258 valence electrons. The number of likely N-dealkylation sites (N-methyl/N-ethyl adjacent to an activating group) is 1. The summed E-state index contributed by atoms with van der Waals surface area (Å²) in [5.74, 6) is 3.15. The fourth-order valence-corrected chi connectivity index (χ4v) is 8.97. The minimum atomic E-state index is 0. The van der Waals surface area contributed by atoms with Crippen LogP contribution in [0.15, 0.2) is 48.2 Å². The average Bonchev–Trinajstić information content (AvgIpc) is 3.68.